The summed E-state index contributed by atoms with van der Waals surface area (Å²) < 4.78 is 40.2. The van der Waals surface area contributed by atoms with Gasteiger partial charge in [0.15, 0.2) is 0 Å². The minimum Gasteiger partial charge on any atom is -0.326 e. The molecule has 136 valence electrons. The average Bonchev–Trinajstić information content (AvgIpc) is 3.15. The van der Waals surface area contributed by atoms with Crippen molar-refractivity contribution in [3.05, 3.63) is 60.4 Å². The lowest BCUT2D eigenvalue weighted by Gasteiger charge is -2.16. The summed E-state index contributed by atoms with van der Waals surface area (Å²) in [6.45, 7) is 0.770. The fourth-order valence-electron chi connectivity index (χ4n) is 3.77. The highest BCUT2D eigenvalue weighted by atomic mass is 32.2. The van der Waals surface area contributed by atoms with Crippen LogP contribution in [0.25, 0.3) is 0 Å². The van der Waals surface area contributed by atoms with Crippen molar-refractivity contribution < 1.29 is 17.6 Å². The number of carbonyl (C=O) groups is 1. The van der Waals surface area contributed by atoms with E-state index in [0.717, 1.165) is 0 Å². The molecule has 2 atom stereocenters. The van der Waals surface area contributed by atoms with Crippen LogP contribution in [0, 0.1) is 17.2 Å². The number of rotatable bonds is 4. The highest BCUT2D eigenvalue weighted by molar-refractivity contribution is 7.89. The van der Waals surface area contributed by atoms with Gasteiger partial charge in [-0.3, -0.25) is 4.79 Å². The second-order valence-electron chi connectivity index (χ2n) is 7.02. The third-order valence-electron chi connectivity index (χ3n) is 5.33. The molecule has 4 rings (SSSR count). The number of nitrogens with zero attached hydrogens (tertiary/aromatic N) is 1. The molecular weight excluding hydrogens is 355 g/mol. The minimum absolute atomic E-state index is 0.172. The van der Waals surface area contributed by atoms with E-state index >= 15 is 0 Å². The minimum atomic E-state index is -3.53. The number of carbonyl (C=O) groups excluding carboxylic acids is 1. The molecule has 1 spiro atoms. The third kappa shape index (κ3) is 3.01. The maximum Gasteiger partial charge on any atom is 0.243 e. The van der Waals surface area contributed by atoms with Crippen LogP contribution < -0.4 is 5.32 Å². The van der Waals surface area contributed by atoms with Gasteiger partial charge >= 0.3 is 0 Å². The first-order valence-corrected chi connectivity index (χ1v) is 9.96. The first kappa shape index (κ1) is 17.2. The molecule has 0 radical (unpaired) electrons. The van der Waals surface area contributed by atoms with Crippen molar-refractivity contribution in [1.29, 1.82) is 0 Å². The molecule has 2 aliphatic rings. The van der Waals surface area contributed by atoms with Gasteiger partial charge in [0.05, 0.1) is 4.90 Å². The number of sulfonamides is 1. The smallest absolute Gasteiger partial charge is 0.243 e. The van der Waals surface area contributed by atoms with Gasteiger partial charge in [-0.15, -0.1) is 0 Å². The highest BCUT2D eigenvalue weighted by Gasteiger charge is 2.62. The molecule has 0 aromatic heterocycles. The van der Waals surface area contributed by atoms with Gasteiger partial charge in [0.25, 0.3) is 0 Å². The van der Waals surface area contributed by atoms with E-state index in [9.17, 15) is 17.6 Å². The van der Waals surface area contributed by atoms with E-state index in [1.54, 1.807) is 36.4 Å². The Kier molecular flexibility index (Phi) is 4.08. The summed E-state index contributed by atoms with van der Waals surface area (Å²) in [7, 11) is -3.53. The molecule has 1 aliphatic heterocycles. The molecule has 1 amide bonds. The van der Waals surface area contributed by atoms with E-state index in [0.29, 0.717) is 31.6 Å². The number of hydrogen-bond acceptors (Lipinski definition) is 3. The summed E-state index contributed by atoms with van der Waals surface area (Å²) in [5.74, 6) is -0.814. The van der Waals surface area contributed by atoms with E-state index in [-0.39, 0.29) is 22.1 Å². The quantitative estimate of drug-likeness (QED) is 0.895. The Bertz CT molecular complexity index is 948. The van der Waals surface area contributed by atoms with Crippen molar-refractivity contribution in [1.82, 2.24) is 4.31 Å². The molecule has 2 aromatic carbocycles. The summed E-state index contributed by atoms with van der Waals surface area (Å²) in [4.78, 5) is 12.7. The van der Waals surface area contributed by atoms with Gasteiger partial charge in [0.1, 0.15) is 5.82 Å². The Hall–Kier alpha value is -2.25. The summed E-state index contributed by atoms with van der Waals surface area (Å²) in [6, 6.07) is 14.1. The van der Waals surface area contributed by atoms with Crippen LogP contribution in [0.4, 0.5) is 10.1 Å². The average molecular weight is 374 g/mol. The maximum atomic E-state index is 13.2. The summed E-state index contributed by atoms with van der Waals surface area (Å²) in [5.41, 5.74) is 0.128. The van der Waals surface area contributed by atoms with Gasteiger partial charge in [0.2, 0.25) is 15.9 Å². The van der Waals surface area contributed by atoms with Crippen LogP contribution in [-0.4, -0.2) is 31.7 Å². The summed E-state index contributed by atoms with van der Waals surface area (Å²) in [5, 5.41) is 2.73. The fourth-order valence-corrected chi connectivity index (χ4v) is 5.33. The Morgan fingerprint density at radius 3 is 2.65 bits per heavy atom. The fraction of sp³-hybridized carbons (Fsp3) is 0.316. The number of amides is 1. The monoisotopic (exact) mass is 374 g/mol. The molecule has 1 heterocycles. The second-order valence-corrected chi connectivity index (χ2v) is 8.96. The van der Waals surface area contributed by atoms with E-state index < -0.39 is 15.8 Å². The van der Waals surface area contributed by atoms with E-state index in [1.807, 2.05) is 0 Å². The molecule has 2 fully saturated rings. The van der Waals surface area contributed by atoms with Crippen LogP contribution >= 0.6 is 0 Å². The number of nitrogens with one attached hydrogen (secondary N) is 1. The van der Waals surface area contributed by atoms with Crippen LogP contribution in [0.2, 0.25) is 0 Å². The third-order valence-corrected chi connectivity index (χ3v) is 7.19. The topological polar surface area (TPSA) is 66.5 Å². The molecule has 5 nitrogen and oxygen atoms in total. The predicted molar refractivity (Wildman–Crippen MR) is 95.4 cm³/mol. The molecule has 0 unspecified atom stereocenters. The molecule has 7 heteroatoms. The first-order chi connectivity index (χ1) is 12.4. The Morgan fingerprint density at radius 1 is 1.15 bits per heavy atom. The molecular formula is C19H19FN2O3S. The molecule has 1 N–H and O–H groups in total. The van der Waals surface area contributed by atoms with Gasteiger partial charge in [0, 0.05) is 24.7 Å². The van der Waals surface area contributed by atoms with Gasteiger partial charge in [-0.05, 0) is 48.6 Å². The highest BCUT2D eigenvalue weighted by Crippen LogP contribution is 2.59. The van der Waals surface area contributed by atoms with E-state index in [1.165, 1.54) is 22.5 Å². The maximum absolute atomic E-state index is 13.2. The molecule has 1 saturated heterocycles. The number of halogens is 1. The van der Waals surface area contributed by atoms with Crippen molar-refractivity contribution in [3.63, 3.8) is 0 Å². The zero-order valence-corrected chi connectivity index (χ0v) is 14.9. The number of anilines is 1. The SMILES string of the molecule is O=C(Nc1cccc(F)c1)[C@@H]1C[C@@]12CCN(S(=O)(=O)c1ccccc1)C2. The van der Waals surface area contributed by atoms with Gasteiger partial charge in [-0.25, -0.2) is 12.8 Å². The van der Waals surface area contributed by atoms with Crippen molar-refractivity contribution in [2.75, 3.05) is 18.4 Å². The largest absolute Gasteiger partial charge is 0.326 e. The molecule has 1 aliphatic carbocycles. The van der Waals surface area contributed by atoms with Crippen LogP contribution in [0.5, 0.6) is 0 Å². The second kappa shape index (κ2) is 6.17. The standard InChI is InChI=1S/C19H19FN2O3S/c20-14-5-4-6-15(11-14)21-18(23)17-12-19(17)9-10-22(13-19)26(24,25)16-7-2-1-3-8-16/h1-8,11,17H,9-10,12-13H2,(H,21,23)/t17-,19+/m0/s1. The summed E-state index contributed by atoms with van der Waals surface area (Å²) >= 11 is 0. The van der Waals surface area contributed by atoms with Gasteiger partial charge in [-0.1, -0.05) is 24.3 Å². The lowest BCUT2D eigenvalue weighted by atomic mass is 10.0. The lowest BCUT2D eigenvalue weighted by Crippen LogP contribution is -2.30. The zero-order chi connectivity index (χ0) is 18.4. The van der Waals surface area contributed by atoms with Crippen LogP contribution in [0.15, 0.2) is 59.5 Å². The Labute approximate surface area is 151 Å². The first-order valence-electron chi connectivity index (χ1n) is 8.52. The normalized spacial score (nSPS) is 25.3. The van der Waals surface area contributed by atoms with Crippen LogP contribution in [0.1, 0.15) is 12.8 Å². The van der Waals surface area contributed by atoms with Gasteiger partial charge < -0.3 is 5.32 Å². The van der Waals surface area contributed by atoms with E-state index in [2.05, 4.69) is 5.32 Å². The van der Waals surface area contributed by atoms with Crippen molar-refractivity contribution in [2.45, 2.75) is 17.7 Å². The predicted octanol–water partition coefficient (Wildman–Crippen LogP) is 2.87. The van der Waals surface area contributed by atoms with Crippen LogP contribution in [0.3, 0.4) is 0 Å². The summed E-state index contributed by atoms with van der Waals surface area (Å²) in [6.07, 6.45) is 1.33. The van der Waals surface area contributed by atoms with Crippen molar-refractivity contribution in [2.24, 2.45) is 11.3 Å². The zero-order valence-electron chi connectivity index (χ0n) is 14.1. The molecule has 2 aromatic rings. The van der Waals surface area contributed by atoms with E-state index in [4.69, 9.17) is 0 Å². The number of benzene rings is 2. The Balaban J connectivity index is 1.44. The van der Waals surface area contributed by atoms with Crippen molar-refractivity contribution >= 4 is 21.6 Å². The molecule has 26 heavy (non-hydrogen) atoms. The molecule has 1 saturated carbocycles. The number of hydrogen-bond donors (Lipinski definition) is 1. The van der Waals surface area contributed by atoms with Crippen LogP contribution in [-0.2, 0) is 14.8 Å². The Morgan fingerprint density at radius 2 is 1.92 bits per heavy atom. The lowest BCUT2D eigenvalue weighted by molar-refractivity contribution is -0.118. The van der Waals surface area contributed by atoms with Crippen molar-refractivity contribution in [3.8, 4) is 0 Å². The molecule has 0 bridgehead atoms. The van der Waals surface area contributed by atoms with Gasteiger partial charge in [-0.2, -0.15) is 4.31 Å².